The first-order chi connectivity index (χ1) is 42.6. The van der Waals surface area contributed by atoms with Crippen molar-refractivity contribution in [3.05, 3.63) is 239 Å². The van der Waals surface area contributed by atoms with E-state index in [0.717, 1.165) is 45.4 Å². The van der Waals surface area contributed by atoms with E-state index >= 15 is 0 Å². The zero-order chi connectivity index (χ0) is 61.6. The van der Waals surface area contributed by atoms with Crippen molar-refractivity contribution in [2.45, 2.75) is 110 Å². The summed E-state index contributed by atoms with van der Waals surface area (Å²) in [5.41, 5.74) is 8.82. The minimum Gasteiger partial charge on any atom is -0.489 e. The number of imide groups is 2. The van der Waals surface area contributed by atoms with Crippen LogP contribution in [0, 0.1) is 0 Å². The van der Waals surface area contributed by atoms with E-state index in [1.54, 1.807) is 47.4 Å². The Labute approximate surface area is 524 Å². The molecule has 2 N–H and O–H groups in total. The Balaban J connectivity index is 0.000000233. The van der Waals surface area contributed by atoms with E-state index < -0.39 is 36.7 Å². The minimum atomic E-state index is -1.54. The molecule has 2 saturated heterocycles. The number of hydrogen-bond donors (Lipinski definition) is 2. The number of aromatic nitrogens is 2. The third kappa shape index (κ3) is 17.5. The van der Waals surface area contributed by atoms with Gasteiger partial charge in [0.2, 0.25) is 11.8 Å². The molecule has 4 atom stereocenters. The van der Waals surface area contributed by atoms with Gasteiger partial charge in [0.15, 0.2) is 0 Å². The standard InChI is InChI=1S/C39H41N3O7.C29H27BN2O7.2CH4/c1-39(2,3)49-37(44)41-19-16-29(17-20-41)31-11-7-10-28(22-31)25-46-33-14-12-30(13-15-33)34(35-18-21-48-40-35)24-36(43)42-32(26-47-38(42)45)23-27-8-5-4-6-9-27;33-28(32-24(19-38-29(32)34)16-20-5-2-1-3-6-20)17-26(27-13-14-39-31-27)22-9-11-25(12-10-22)37-18-21-7-4-8-23(15-21)30(35)36;;/h4-16,18,21-22,32,34H,17,19-20,23-26H2,1-3H3;1-15,24,26,35-36H,16-19H2;2*1H4/t32-,34-;24-,26-;;/m00../s1. The first-order valence-electron chi connectivity index (χ1n) is 29.1. The molecule has 0 radical (unpaired) electrons. The highest BCUT2D eigenvalue weighted by molar-refractivity contribution is 6.58. The molecule has 5 heterocycles. The van der Waals surface area contributed by atoms with E-state index in [1.807, 2.05) is 136 Å². The summed E-state index contributed by atoms with van der Waals surface area (Å²) in [7, 11) is -1.54. The lowest BCUT2D eigenvalue weighted by Gasteiger charge is -2.29. The molecular formula is C70H76BN5O14. The van der Waals surface area contributed by atoms with E-state index in [2.05, 4.69) is 28.5 Å². The lowest BCUT2D eigenvalue weighted by molar-refractivity contribution is -0.130. The summed E-state index contributed by atoms with van der Waals surface area (Å²) >= 11 is 0. The summed E-state index contributed by atoms with van der Waals surface area (Å²) in [6.45, 7) is 7.64. The Kier molecular flexibility index (Phi) is 22.7. The van der Waals surface area contributed by atoms with E-state index in [4.69, 9.17) is 32.7 Å². The van der Waals surface area contributed by atoms with Crippen LogP contribution in [0.3, 0.4) is 0 Å². The second-order valence-electron chi connectivity index (χ2n) is 22.7. The van der Waals surface area contributed by atoms with Gasteiger partial charge in [0.1, 0.15) is 56.1 Å². The molecule has 2 fully saturated rings. The van der Waals surface area contributed by atoms with Crippen LogP contribution in [0.1, 0.15) is 117 Å². The summed E-state index contributed by atoms with van der Waals surface area (Å²) < 4.78 is 38.2. The van der Waals surface area contributed by atoms with Gasteiger partial charge >= 0.3 is 25.4 Å². The fraction of sp³-hybridized carbons (Fsp3) is 0.300. The van der Waals surface area contributed by atoms with E-state index in [9.17, 15) is 34.0 Å². The highest BCUT2D eigenvalue weighted by Crippen LogP contribution is 2.34. The monoisotopic (exact) mass is 1220 g/mol. The van der Waals surface area contributed by atoms with Gasteiger partial charge < -0.3 is 47.7 Å². The number of carbonyl (C=O) groups excluding carboxylic acids is 5. The fourth-order valence-corrected chi connectivity index (χ4v) is 10.8. The first-order valence-corrected chi connectivity index (χ1v) is 29.1. The molecule has 468 valence electrons. The first kappa shape index (κ1) is 66.2. The number of hydrogen-bond acceptors (Lipinski definition) is 16. The van der Waals surface area contributed by atoms with Gasteiger partial charge in [-0.2, -0.15) is 0 Å². The second kappa shape index (κ2) is 30.9. The lowest BCUT2D eigenvalue weighted by Crippen LogP contribution is -2.40. The summed E-state index contributed by atoms with van der Waals surface area (Å²) in [4.78, 5) is 68.9. The average Bonchev–Trinajstić information content (AvgIpc) is 2.60. The number of nitrogens with zero attached hydrogens (tertiary/aromatic N) is 5. The van der Waals surface area contributed by atoms with Crippen LogP contribution >= 0.6 is 0 Å². The quantitative estimate of drug-likeness (QED) is 0.0533. The van der Waals surface area contributed by atoms with Gasteiger partial charge in [-0.15, -0.1) is 0 Å². The number of benzene rings is 6. The lowest BCUT2D eigenvalue weighted by atomic mass is 9.80. The molecule has 0 bridgehead atoms. The topological polar surface area (TPSA) is 234 Å². The minimum absolute atomic E-state index is 0. The fourth-order valence-electron chi connectivity index (χ4n) is 10.8. The molecule has 8 aromatic rings. The summed E-state index contributed by atoms with van der Waals surface area (Å²) in [6, 6.07) is 52.0. The number of rotatable bonds is 20. The van der Waals surface area contributed by atoms with Crippen LogP contribution in [0.25, 0.3) is 5.57 Å². The van der Waals surface area contributed by atoms with Gasteiger partial charge in [-0.05, 0) is 120 Å². The number of ether oxygens (including phenoxy) is 5. The SMILES string of the molecule is C.C.CC(C)(C)OC(=O)N1CC=C(c2cccc(COc3ccc([C@H](CC(=O)N4C(=O)OC[C@@H]4Cc4ccccc4)c4ccon4)cc3)c2)CC1.O=C(C[C@@H](c1ccc(OCc2cccc(B(O)O)c2)cc1)c1ccon1)N1C(=O)OC[C@@H]1Cc1ccccc1. The highest BCUT2D eigenvalue weighted by Gasteiger charge is 2.41. The van der Waals surface area contributed by atoms with Gasteiger partial charge in [-0.3, -0.25) is 9.59 Å². The maximum Gasteiger partial charge on any atom is 0.488 e. The Morgan fingerprint density at radius 1 is 0.600 bits per heavy atom. The van der Waals surface area contributed by atoms with Crippen molar-refractivity contribution >= 4 is 48.2 Å². The Morgan fingerprint density at radius 3 is 1.50 bits per heavy atom. The van der Waals surface area contributed by atoms with Crippen molar-refractivity contribution in [1.82, 2.24) is 25.0 Å². The van der Waals surface area contributed by atoms with Crippen molar-refractivity contribution < 1.29 is 66.8 Å². The van der Waals surface area contributed by atoms with Crippen molar-refractivity contribution in [1.29, 1.82) is 0 Å². The van der Waals surface area contributed by atoms with Crippen LogP contribution in [-0.2, 0) is 49.9 Å². The zero-order valence-electron chi connectivity index (χ0n) is 49.1. The number of amides is 5. The molecular weight excluding hydrogens is 1150 g/mol. The second-order valence-corrected chi connectivity index (χ2v) is 22.7. The maximum absolute atomic E-state index is 13.6. The molecule has 19 nitrogen and oxygen atoms in total. The van der Waals surface area contributed by atoms with Crippen molar-refractivity contribution in [3.63, 3.8) is 0 Å². The normalized spacial score (nSPS) is 16.0. The molecule has 3 aliphatic rings. The van der Waals surface area contributed by atoms with Gasteiger partial charge in [-0.1, -0.05) is 159 Å². The maximum atomic E-state index is 13.6. The third-order valence-electron chi connectivity index (χ3n) is 15.3. The number of carbonyl (C=O) groups is 5. The van der Waals surface area contributed by atoms with Crippen LogP contribution in [0.15, 0.2) is 198 Å². The van der Waals surface area contributed by atoms with E-state index in [0.29, 0.717) is 60.9 Å². The summed E-state index contributed by atoms with van der Waals surface area (Å²) in [6.07, 6.45) is 5.25. The van der Waals surface area contributed by atoms with Gasteiger partial charge in [0, 0.05) is 49.9 Å². The largest absolute Gasteiger partial charge is 0.489 e. The van der Waals surface area contributed by atoms with Crippen LogP contribution in [0.5, 0.6) is 11.5 Å². The van der Waals surface area contributed by atoms with Crippen molar-refractivity contribution in [3.8, 4) is 11.5 Å². The highest BCUT2D eigenvalue weighted by atomic mass is 16.6. The molecule has 3 aliphatic heterocycles. The van der Waals surface area contributed by atoms with Gasteiger partial charge in [-0.25, -0.2) is 24.2 Å². The molecule has 0 unspecified atom stereocenters. The molecule has 0 spiro atoms. The summed E-state index contributed by atoms with van der Waals surface area (Å²) in [5.74, 6) is -0.281. The predicted octanol–water partition coefficient (Wildman–Crippen LogP) is 11.7. The summed E-state index contributed by atoms with van der Waals surface area (Å²) in [5, 5.41) is 26.9. The number of cyclic esters (lactones) is 2. The zero-order valence-corrected chi connectivity index (χ0v) is 49.1. The molecule has 90 heavy (non-hydrogen) atoms. The molecule has 5 amide bonds. The average molecular weight is 1220 g/mol. The van der Waals surface area contributed by atoms with Crippen molar-refractivity contribution in [2.75, 3.05) is 26.3 Å². The molecule has 2 aromatic heterocycles. The van der Waals surface area contributed by atoms with Crippen molar-refractivity contribution in [2.24, 2.45) is 0 Å². The smallest absolute Gasteiger partial charge is 0.488 e. The molecule has 6 aromatic carbocycles. The molecule has 20 heteroatoms. The van der Waals surface area contributed by atoms with Crippen LogP contribution in [-0.4, -0.2) is 116 Å². The molecule has 0 saturated carbocycles. The Morgan fingerprint density at radius 2 is 1.07 bits per heavy atom. The Bertz CT molecular complexity index is 3650. The molecule has 11 rings (SSSR count). The van der Waals surface area contributed by atoms with Gasteiger partial charge in [0.05, 0.1) is 23.5 Å². The van der Waals surface area contributed by atoms with Crippen LogP contribution in [0.2, 0.25) is 0 Å². The third-order valence-corrected chi connectivity index (χ3v) is 15.3. The predicted molar refractivity (Wildman–Crippen MR) is 338 cm³/mol. The molecule has 0 aliphatic carbocycles. The van der Waals surface area contributed by atoms with Crippen LogP contribution in [0.4, 0.5) is 14.4 Å². The van der Waals surface area contributed by atoms with E-state index in [-0.39, 0.29) is 77.5 Å². The Hall–Kier alpha value is -9.79. The van der Waals surface area contributed by atoms with Gasteiger partial charge in [0.25, 0.3) is 0 Å². The van der Waals surface area contributed by atoms with Crippen LogP contribution < -0.4 is 14.9 Å². The van der Waals surface area contributed by atoms with E-state index in [1.165, 1.54) is 27.9 Å².